The Morgan fingerprint density at radius 3 is 2.94 bits per heavy atom. The molecule has 4 nitrogen and oxygen atoms in total. The topological polar surface area (TPSA) is 58.4 Å². The predicted molar refractivity (Wildman–Crippen MR) is 69.0 cm³/mol. The summed E-state index contributed by atoms with van der Waals surface area (Å²) in [6.07, 6.45) is 3.66. The number of amides is 2. The molecule has 0 saturated carbocycles. The van der Waals surface area contributed by atoms with Gasteiger partial charge in [-0.15, -0.1) is 0 Å². The number of urea groups is 1. The van der Waals surface area contributed by atoms with Gasteiger partial charge in [0.05, 0.1) is 0 Å². The molecule has 0 aliphatic carbocycles. The van der Waals surface area contributed by atoms with Gasteiger partial charge in [-0.1, -0.05) is 18.6 Å². The number of nitrogens with one attached hydrogen (secondary N) is 1. The Kier molecular flexibility index (Phi) is 3.64. The molecule has 0 bridgehead atoms. The molecule has 0 radical (unpaired) electrons. The van der Waals surface area contributed by atoms with Crippen LogP contribution in [0.25, 0.3) is 0 Å². The number of hydrogen-bond donors (Lipinski definition) is 2. The van der Waals surface area contributed by atoms with Crippen molar-refractivity contribution >= 4 is 11.7 Å². The molecule has 1 aromatic carbocycles. The number of rotatable bonds is 2. The highest BCUT2D eigenvalue weighted by Crippen LogP contribution is 2.25. The number of carbonyl (C=O) groups excluding carboxylic acids is 1. The summed E-state index contributed by atoms with van der Waals surface area (Å²) in [7, 11) is 1.69. The molecule has 1 unspecified atom stereocenters. The molecule has 1 aromatic rings. The van der Waals surface area contributed by atoms with E-state index in [0.717, 1.165) is 18.7 Å². The third kappa shape index (κ3) is 2.77. The summed E-state index contributed by atoms with van der Waals surface area (Å²) in [4.78, 5) is 12.6. The fraction of sp³-hybridized carbons (Fsp3) is 0.462. The number of nitrogens with zero attached hydrogens (tertiary/aromatic N) is 1. The highest BCUT2D eigenvalue weighted by Gasteiger charge is 2.15. The van der Waals surface area contributed by atoms with Gasteiger partial charge in [-0.05, 0) is 37.1 Å². The molecule has 1 atom stereocenters. The minimum absolute atomic E-state index is 0.407. The van der Waals surface area contributed by atoms with Crippen molar-refractivity contribution in [1.29, 1.82) is 0 Å². The van der Waals surface area contributed by atoms with Crippen LogP contribution in [-0.2, 0) is 0 Å². The van der Waals surface area contributed by atoms with Crippen LogP contribution >= 0.6 is 0 Å². The van der Waals surface area contributed by atoms with E-state index in [2.05, 4.69) is 11.4 Å². The monoisotopic (exact) mass is 233 g/mol. The van der Waals surface area contributed by atoms with Crippen LogP contribution < -0.4 is 16.0 Å². The van der Waals surface area contributed by atoms with Gasteiger partial charge < -0.3 is 11.1 Å². The largest absolute Gasteiger partial charge is 0.351 e. The maximum absolute atomic E-state index is 11.1. The quantitative estimate of drug-likeness (QED) is 0.821. The smallest absolute Gasteiger partial charge is 0.318 e. The van der Waals surface area contributed by atoms with Crippen LogP contribution in [0.5, 0.6) is 0 Å². The van der Waals surface area contributed by atoms with Crippen LogP contribution in [0, 0.1) is 0 Å². The third-order valence-corrected chi connectivity index (χ3v) is 3.30. The van der Waals surface area contributed by atoms with Crippen LogP contribution in [-0.4, -0.2) is 19.6 Å². The van der Waals surface area contributed by atoms with Gasteiger partial charge in [0.25, 0.3) is 0 Å². The summed E-state index contributed by atoms with van der Waals surface area (Å²) in [5, 5.41) is 3.50. The second kappa shape index (κ2) is 5.19. The maximum atomic E-state index is 11.1. The van der Waals surface area contributed by atoms with Gasteiger partial charge in [-0.2, -0.15) is 0 Å². The second-order valence-electron chi connectivity index (χ2n) is 4.49. The average molecular weight is 233 g/mol. The lowest BCUT2D eigenvalue weighted by atomic mass is 9.97. The van der Waals surface area contributed by atoms with E-state index in [-0.39, 0.29) is 0 Å². The third-order valence-electron chi connectivity index (χ3n) is 3.30. The van der Waals surface area contributed by atoms with Gasteiger partial charge in [-0.3, -0.25) is 4.90 Å². The van der Waals surface area contributed by atoms with E-state index >= 15 is 0 Å². The molecule has 0 aromatic heterocycles. The first kappa shape index (κ1) is 11.9. The molecule has 2 amide bonds. The number of primary amides is 1. The molecule has 17 heavy (non-hydrogen) atoms. The van der Waals surface area contributed by atoms with Gasteiger partial charge >= 0.3 is 6.03 Å². The summed E-state index contributed by atoms with van der Waals surface area (Å²) >= 11 is 0. The lowest BCUT2D eigenvalue weighted by molar-refractivity contribution is 0.255. The normalized spacial score (nSPS) is 19.9. The van der Waals surface area contributed by atoms with Crippen LogP contribution in [0.4, 0.5) is 10.5 Å². The molecule has 0 spiro atoms. The zero-order valence-electron chi connectivity index (χ0n) is 10.1. The van der Waals surface area contributed by atoms with Crippen LogP contribution in [0.15, 0.2) is 24.3 Å². The zero-order valence-corrected chi connectivity index (χ0v) is 10.1. The van der Waals surface area contributed by atoms with Crippen molar-refractivity contribution < 1.29 is 4.79 Å². The van der Waals surface area contributed by atoms with Crippen LogP contribution in [0.2, 0.25) is 0 Å². The first-order valence-corrected chi connectivity index (χ1v) is 6.05. The zero-order chi connectivity index (χ0) is 12.3. The van der Waals surface area contributed by atoms with Gasteiger partial charge in [0.1, 0.15) is 0 Å². The summed E-state index contributed by atoms with van der Waals surface area (Å²) in [5.74, 6) is 0. The summed E-state index contributed by atoms with van der Waals surface area (Å²) in [6.45, 7) is 1.07. The molecule has 1 fully saturated rings. The van der Waals surface area contributed by atoms with E-state index in [9.17, 15) is 4.79 Å². The Morgan fingerprint density at radius 1 is 1.47 bits per heavy atom. The molecule has 1 aliphatic rings. The fourth-order valence-electron chi connectivity index (χ4n) is 2.21. The lowest BCUT2D eigenvalue weighted by Gasteiger charge is -2.25. The van der Waals surface area contributed by atoms with Crippen molar-refractivity contribution in [3.05, 3.63) is 29.8 Å². The van der Waals surface area contributed by atoms with E-state index in [1.807, 2.05) is 18.2 Å². The van der Waals surface area contributed by atoms with Gasteiger partial charge in [0.2, 0.25) is 0 Å². The minimum atomic E-state index is -0.432. The number of benzene rings is 1. The highest BCUT2D eigenvalue weighted by molar-refractivity contribution is 5.90. The number of anilines is 1. The van der Waals surface area contributed by atoms with Crippen molar-refractivity contribution in [2.24, 2.45) is 5.73 Å². The van der Waals surface area contributed by atoms with E-state index in [1.165, 1.54) is 23.3 Å². The first-order valence-electron chi connectivity index (χ1n) is 6.05. The Morgan fingerprint density at radius 2 is 2.29 bits per heavy atom. The van der Waals surface area contributed by atoms with Crippen LogP contribution in [0.3, 0.4) is 0 Å². The van der Waals surface area contributed by atoms with E-state index in [4.69, 9.17) is 5.73 Å². The first-order chi connectivity index (χ1) is 8.18. The van der Waals surface area contributed by atoms with E-state index in [1.54, 1.807) is 7.05 Å². The lowest BCUT2D eigenvalue weighted by Crippen LogP contribution is -2.32. The Labute approximate surface area is 102 Å². The molecule has 3 N–H and O–H groups in total. The standard InChI is InChI=1S/C13H19N3O/c1-16(13(14)17)11-6-4-5-10(9-11)12-7-2-3-8-15-12/h4-6,9,12,15H,2-3,7-8H2,1H3,(H2,14,17). The van der Waals surface area contributed by atoms with Crippen molar-refractivity contribution in [3.63, 3.8) is 0 Å². The molecule has 2 rings (SSSR count). The van der Waals surface area contributed by atoms with Crippen molar-refractivity contribution in [2.75, 3.05) is 18.5 Å². The molecular formula is C13H19N3O. The van der Waals surface area contributed by atoms with Crippen molar-refractivity contribution in [1.82, 2.24) is 5.32 Å². The summed E-state index contributed by atoms with van der Waals surface area (Å²) < 4.78 is 0. The molecule has 1 aliphatic heterocycles. The van der Waals surface area contributed by atoms with E-state index < -0.39 is 6.03 Å². The van der Waals surface area contributed by atoms with Gasteiger partial charge in [0, 0.05) is 18.8 Å². The van der Waals surface area contributed by atoms with E-state index in [0.29, 0.717) is 6.04 Å². The molecule has 1 heterocycles. The summed E-state index contributed by atoms with van der Waals surface area (Å²) in [5.41, 5.74) is 7.35. The number of nitrogens with two attached hydrogens (primary N) is 1. The van der Waals surface area contributed by atoms with Gasteiger partial charge in [-0.25, -0.2) is 4.79 Å². The predicted octanol–water partition coefficient (Wildman–Crippen LogP) is 2.02. The van der Waals surface area contributed by atoms with Crippen molar-refractivity contribution in [2.45, 2.75) is 25.3 Å². The Bertz CT molecular complexity index is 399. The molecular weight excluding hydrogens is 214 g/mol. The average Bonchev–Trinajstić information content (AvgIpc) is 2.39. The Balaban J connectivity index is 2.18. The number of hydrogen-bond acceptors (Lipinski definition) is 2. The summed E-state index contributed by atoms with van der Waals surface area (Å²) in [6, 6.07) is 7.98. The molecule has 4 heteroatoms. The second-order valence-corrected chi connectivity index (χ2v) is 4.49. The minimum Gasteiger partial charge on any atom is -0.351 e. The van der Waals surface area contributed by atoms with Crippen molar-refractivity contribution in [3.8, 4) is 0 Å². The fourth-order valence-corrected chi connectivity index (χ4v) is 2.21. The van der Waals surface area contributed by atoms with Crippen LogP contribution in [0.1, 0.15) is 30.9 Å². The number of carbonyl (C=O) groups is 1. The molecule has 1 saturated heterocycles. The molecule has 92 valence electrons. The van der Waals surface area contributed by atoms with Gasteiger partial charge in [0.15, 0.2) is 0 Å². The Hall–Kier alpha value is -1.55. The highest BCUT2D eigenvalue weighted by atomic mass is 16.2. The number of piperidine rings is 1. The SMILES string of the molecule is CN(C(N)=O)c1cccc(C2CCCCN2)c1. The maximum Gasteiger partial charge on any atom is 0.318 e.